The molecule has 1 rings (SSSR count). The molecule has 0 bridgehead atoms. The Morgan fingerprint density at radius 3 is 1.65 bits per heavy atom. The van der Waals surface area contributed by atoms with Crippen LogP contribution in [0, 0.1) is 5.92 Å². The zero-order valence-electron chi connectivity index (χ0n) is 21.3. The van der Waals surface area contributed by atoms with E-state index in [0.717, 1.165) is 32.1 Å². The second kappa shape index (κ2) is 22.1. The van der Waals surface area contributed by atoms with Crippen molar-refractivity contribution < 1.29 is 13.6 Å². The molecule has 0 aliphatic carbocycles. The molecule has 1 aliphatic rings. The largest absolute Gasteiger partial charge is 0.332 e. The van der Waals surface area contributed by atoms with Crippen molar-refractivity contribution in [3.8, 4) is 0 Å². The molecule has 1 saturated heterocycles. The van der Waals surface area contributed by atoms with Crippen LogP contribution >= 0.6 is 8.60 Å². The van der Waals surface area contributed by atoms with Crippen LogP contribution in [0.15, 0.2) is 0 Å². The van der Waals surface area contributed by atoms with E-state index in [1.165, 1.54) is 116 Å². The SMILES string of the molecule is CCCCCCCCCCCCCCCCOP(OC)OCCN1CCC(CC)CC1. The van der Waals surface area contributed by atoms with E-state index in [1.807, 2.05) is 0 Å². The van der Waals surface area contributed by atoms with Crippen molar-refractivity contribution in [1.29, 1.82) is 0 Å². The normalized spacial score (nSPS) is 16.7. The summed E-state index contributed by atoms with van der Waals surface area (Å²) in [6.45, 7) is 9.51. The molecule has 1 unspecified atom stereocenters. The monoisotopic (exact) mass is 459 g/mol. The van der Waals surface area contributed by atoms with Gasteiger partial charge in [-0.3, -0.25) is 0 Å². The van der Waals surface area contributed by atoms with Gasteiger partial charge in [0.15, 0.2) is 0 Å². The van der Waals surface area contributed by atoms with Crippen molar-refractivity contribution in [2.75, 3.05) is 40.0 Å². The maximum Gasteiger partial charge on any atom is 0.332 e. The van der Waals surface area contributed by atoms with Gasteiger partial charge in [-0.15, -0.1) is 0 Å². The highest BCUT2D eigenvalue weighted by Crippen LogP contribution is 2.38. The van der Waals surface area contributed by atoms with E-state index in [-0.39, 0.29) is 0 Å². The molecule has 0 aromatic rings. The van der Waals surface area contributed by atoms with Crippen LogP contribution in [0.25, 0.3) is 0 Å². The summed E-state index contributed by atoms with van der Waals surface area (Å²) in [5.41, 5.74) is 0. The molecule has 31 heavy (non-hydrogen) atoms. The molecular formula is C26H54NO3P. The van der Waals surface area contributed by atoms with Crippen molar-refractivity contribution in [3.05, 3.63) is 0 Å². The molecule has 5 heteroatoms. The molecule has 0 N–H and O–H groups in total. The highest BCUT2D eigenvalue weighted by Gasteiger charge is 2.18. The van der Waals surface area contributed by atoms with Crippen LogP contribution in [0.2, 0.25) is 0 Å². The molecule has 0 saturated carbocycles. The molecule has 0 spiro atoms. The minimum atomic E-state index is -1.17. The zero-order chi connectivity index (χ0) is 22.4. The Morgan fingerprint density at radius 1 is 0.677 bits per heavy atom. The lowest BCUT2D eigenvalue weighted by Crippen LogP contribution is -2.35. The van der Waals surface area contributed by atoms with E-state index < -0.39 is 8.60 Å². The van der Waals surface area contributed by atoms with E-state index in [2.05, 4.69) is 18.7 Å². The third-order valence-corrected chi connectivity index (χ3v) is 7.82. The van der Waals surface area contributed by atoms with Gasteiger partial charge >= 0.3 is 8.60 Å². The van der Waals surface area contributed by atoms with E-state index in [1.54, 1.807) is 7.11 Å². The second-order valence-electron chi connectivity index (χ2n) is 9.36. The molecule has 0 amide bonds. The van der Waals surface area contributed by atoms with Crippen molar-refractivity contribution in [2.24, 2.45) is 5.92 Å². The predicted octanol–water partition coefficient (Wildman–Crippen LogP) is 8.50. The van der Waals surface area contributed by atoms with Gasteiger partial charge in [-0.2, -0.15) is 0 Å². The first-order chi connectivity index (χ1) is 15.3. The van der Waals surface area contributed by atoms with Gasteiger partial charge in [0, 0.05) is 13.7 Å². The molecule has 0 radical (unpaired) electrons. The molecule has 0 aromatic carbocycles. The molecule has 186 valence electrons. The molecule has 1 fully saturated rings. The quantitative estimate of drug-likeness (QED) is 0.120. The third kappa shape index (κ3) is 17.4. The van der Waals surface area contributed by atoms with E-state index >= 15 is 0 Å². The fourth-order valence-corrected chi connectivity index (χ4v) is 5.24. The molecule has 0 aromatic heterocycles. The summed E-state index contributed by atoms with van der Waals surface area (Å²) in [6.07, 6.45) is 23.4. The topological polar surface area (TPSA) is 30.9 Å². The number of rotatable bonds is 22. The fraction of sp³-hybridized carbons (Fsp3) is 1.00. The molecule has 1 heterocycles. The lowest BCUT2D eigenvalue weighted by molar-refractivity contribution is 0.130. The summed E-state index contributed by atoms with van der Waals surface area (Å²) < 4.78 is 17.1. The fourth-order valence-electron chi connectivity index (χ4n) is 4.44. The van der Waals surface area contributed by atoms with Crippen LogP contribution in [0.4, 0.5) is 0 Å². The van der Waals surface area contributed by atoms with Crippen LogP contribution in [0.1, 0.15) is 123 Å². The van der Waals surface area contributed by atoms with Gasteiger partial charge in [0.05, 0.1) is 13.2 Å². The Kier molecular flexibility index (Phi) is 20.9. The number of piperidine rings is 1. The van der Waals surface area contributed by atoms with Crippen LogP contribution in [-0.2, 0) is 13.6 Å². The van der Waals surface area contributed by atoms with Gasteiger partial charge in [0.2, 0.25) is 0 Å². The van der Waals surface area contributed by atoms with Crippen LogP contribution in [0.3, 0.4) is 0 Å². The van der Waals surface area contributed by atoms with Crippen molar-refractivity contribution in [2.45, 2.75) is 123 Å². The number of hydrogen-bond acceptors (Lipinski definition) is 4. The Balaban J connectivity index is 1.82. The average Bonchev–Trinajstić information content (AvgIpc) is 2.80. The summed E-state index contributed by atoms with van der Waals surface area (Å²) in [6, 6.07) is 0. The van der Waals surface area contributed by atoms with Crippen LogP contribution < -0.4 is 0 Å². The molecular weight excluding hydrogens is 405 g/mol. The summed E-state index contributed by atoms with van der Waals surface area (Å²) >= 11 is 0. The van der Waals surface area contributed by atoms with Gasteiger partial charge in [-0.05, 0) is 38.3 Å². The summed E-state index contributed by atoms with van der Waals surface area (Å²) in [5, 5.41) is 0. The summed E-state index contributed by atoms with van der Waals surface area (Å²) in [7, 11) is 0.532. The van der Waals surface area contributed by atoms with Gasteiger partial charge in [-0.25, -0.2) is 0 Å². The molecule has 4 nitrogen and oxygen atoms in total. The lowest BCUT2D eigenvalue weighted by atomic mass is 9.94. The van der Waals surface area contributed by atoms with E-state index in [9.17, 15) is 0 Å². The van der Waals surface area contributed by atoms with Gasteiger partial charge in [0.25, 0.3) is 0 Å². The second-order valence-corrected chi connectivity index (χ2v) is 10.7. The first kappa shape index (κ1) is 29.3. The highest BCUT2D eigenvalue weighted by molar-refractivity contribution is 7.41. The van der Waals surface area contributed by atoms with Crippen molar-refractivity contribution in [3.63, 3.8) is 0 Å². The maximum absolute atomic E-state index is 5.85. The number of hydrogen-bond donors (Lipinski definition) is 0. The zero-order valence-corrected chi connectivity index (χ0v) is 22.1. The summed E-state index contributed by atoms with van der Waals surface area (Å²) in [5.74, 6) is 0.932. The van der Waals surface area contributed by atoms with Crippen LogP contribution in [-0.4, -0.2) is 44.9 Å². The number of nitrogens with zero attached hydrogens (tertiary/aromatic N) is 1. The van der Waals surface area contributed by atoms with E-state index in [4.69, 9.17) is 13.6 Å². The van der Waals surface area contributed by atoms with Crippen molar-refractivity contribution in [1.82, 2.24) is 4.90 Å². The lowest BCUT2D eigenvalue weighted by Gasteiger charge is -2.31. The smallest absolute Gasteiger partial charge is 0.316 e. The van der Waals surface area contributed by atoms with Gasteiger partial charge in [-0.1, -0.05) is 104 Å². The average molecular weight is 460 g/mol. The summed E-state index contributed by atoms with van der Waals surface area (Å²) in [4.78, 5) is 2.52. The molecule has 1 atom stereocenters. The predicted molar refractivity (Wildman–Crippen MR) is 136 cm³/mol. The van der Waals surface area contributed by atoms with Crippen molar-refractivity contribution >= 4 is 8.60 Å². The van der Waals surface area contributed by atoms with Gasteiger partial charge < -0.3 is 18.5 Å². The molecule has 1 aliphatic heterocycles. The minimum absolute atomic E-state index is 0.717. The number of likely N-dealkylation sites (tertiary alicyclic amines) is 1. The Labute approximate surface area is 196 Å². The highest BCUT2D eigenvalue weighted by atomic mass is 31.2. The van der Waals surface area contributed by atoms with Gasteiger partial charge in [0.1, 0.15) is 0 Å². The first-order valence-corrected chi connectivity index (χ1v) is 14.7. The maximum atomic E-state index is 5.85. The number of unbranched alkanes of at least 4 members (excludes halogenated alkanes) is 13. The Hall–Kier alpha value is 0.270. The minimum Gasteiger partial charge on any atom is -0.316 e. The van der Waals surface area contributed by atoms with E-state index in [0.29, 0.717) is 0 Å². The third-order valence-electron chi connectivity index (χ3n) is 6.73. The van der Waals surface area contributed by atoms with Crippen LogP contribution in [0.5, 0.6) is 0 Å². The Morgan fingerprint density at radius 2 is 1.16 bits per heavy atom. The first-order valence-electron chi connectivity index (χ1n) is 13.6. The Bertz CT molecular complexity index is 365. The standard InChI is InChI=1S/C26H54NO3P/c1-4-6-7-8-9-10-11-12-13-14-15-16-17-18-24-29-31(28-3)30-25-23-27-21-19-26(5-2)20-22-27/h26H,4-25H2,1-3H3.